The molecule has 4 atom stereocenters. The van der Waals surface area contributed by atoms with Gasteiger partial charge in [-0.25, -0.2) is 0 Å². The average molecular weight is 202 g/mol. The number of fused-ring (bicyclic) bond motifs is 2. The lowest BCUT2D eigenvalue weighted by Crippen LogP contribution is -2.38. The minimum Gasteiger partial charge on any atom is -0.326 e. The first-order valence-corrected chi connectivity index (χ1v) is 5.84. The van der Waals surface area contributed by atoms with Gasteiger partial charge in [-0.3, -0.25) is 0 Å². The number of hydrogen-bond acceptors (Lipinski definition) is 2. The van der Waals surface area contributed by atoms with E-state index in [0.29, 0.717) is 24.0 Å². The van der Waals surface area contributed by atoms with Crippen molar-refractivity contribution in [3.63, 3.8) is 0 Å². The summed E-state index contributed by atoms with van der Waals surface area (Å²) >= 11 is 0. The van der Waals surface area contributed by atoms with Crippen molar-refractivity contribution < 1.29 is 0 Å². The second kappa shape index (κ2) is 3.32. The van der Waals surface area contributed by atoms with E-state index in [4.69, 9.17) is 5.73 Å². The molecule has 2 aliphatic heterocycles. The highest BCUT2D eigenvalue weighted by Crippen LogP contribution is 2.39. The molecule has 0 spiro atoms. The largest absolute Gasteiger partial charge is 0.326 e. The minimum absolute atomic E-state index is 0.311. The molecule has 15 heavy (non-hydrogen) atoms. The Hall–Kier alpha value is -0.860. The second-order valence-corrected chi connectivity index (χ2v) is 4.97. The molecule has 3 rings (SSSR count). The first kappa shape index (κ1) is 9.37. The Kier molecular flexibility index (Phi) is 2.08. The Morgan fingerprint density at radius 1 is 1.27 bits per heavy atom. The van der Waals surface area contributed by atoms with Gasteiger partial charge in [0.25, 0.3) is 0 Å². The summed E-state index contributed by atoms with van der Waals surface area (Å²) < 4.78 is 0. The van der Waals surface area contributed by atoms with Gasteiger partial charge in [0.05, 0.1) is 0 Å². The number of nitrogens with two attached hydrogens (primary N) is 1. The van der Waals surface area contributed by atoms with E-state index < -0.39 is 0 Å². The van der Waals surface area contributed by atoms with Gasteiger partial charge in [0.1, 0.15) is 0 Å². The average Bonchev–Trinajstić information content (AvgIpc) is 2.77. The van der Waals surface area contributed by atoms with Crippen molar-refractivity contribution in [3.8, 4) is 0 Å². The van der Waals surface area contributed by atoms with Crippen molar-refractivity contribution in [2.75, 3.05) is 0 Å². The van der Waals surface area contributed by atoms with Crippen LogP contribution in [0.1, 0.15) is 29.9 Å². The van der Waals surface area contributed by atoms with E-state index in [0.717, 1.165) is 0 Å². The maximum Gasteiger partial charge on any atom is 0.0279 e. The van der Waals surface area contributed by atoms with Crippen LogP contribution in [0.5, 0.6) is 0 Å². The topological polar surface area (TPSA) is 38.0 Å². The van der Waals surface area contributed by atoms with Crippen molar-refractivity contribution >= 4 is 0 Å². The van der Waals surface area contributed by atoms with Crippen LogP contribution in [-0.4, -0.2) is 18.1 Å². The van der Waals surface area contributed by atoms with E-state index in [1.165, 1.54) is 24.0 Å². The van der Waals surface area contributed by atoms with Gasteiger partial charge in [0.15, 0.2) is 0 Å². The van der Waals surface area contributed by atoms with Crippen LogP contribution in [0.25, 0.3) is 0 Å². The molecule has 2 aliphatic rings. The summed E-state index contributed by atoms with van der Waals surface area (Å²) in [5, 5.41) is 3.62. The molecule has 0 aliphatic carbocycles. The summed E-state index contributed by atoms with van der Waals surface area (Å²) in [5.74, 6) is 0.531. The molecule has 80 valence electrons. The van der Waals surface area contributed by atoms with Gasteiger partial charge in [0.2, 0.25) is 0 Å². The van der Waals surface area contributed by atoms with Gasteiger partial charge >= 0.3 is 0 Å². The molecular formula is C13H18N2. The first-order valence-electron chi connectivity index (χ1n) is 5.84. The molecule has 0 saturated carbocycles. The van der Waals surface area contributed by atoms with E-state index in [9.17, 15) is 0 Å². The molecule has 2 fully saturated rings. The lowest BCUT2D eigenvalue weighted by atomic mass is 9.80. The number of aryl methyl sites for hydroxylation is 1. The lowest BCUT2D eigenvalue weighted by molar-refractivity contribution is 0.444. The van der Waals surface area contributed by atoms with E-state index in [1.54, 1.807) is 0 Å². The predicted molar refractivity (Wildman–Crippen MR) is 61.8 cm³/mol. The fourth-order valence-electron chi connectivity index (χ4n) is 3.24. The van der Waals surface area contributed by atoms with E-state index >= 15 is 0 Å². The Morgan fingerprint density at radius 3 is 2.73 bits per heavy atom. The lowest BCUT2D eigenvalue weighted by Gasteiger charge is -2.26. The van der Waals surface area contributed by atoms with Gasteiger partial charge in [-0.1, -0.05) is 29.8 Å². The molecule has 0 aromatic heterocycles. The number of hydrogen-bond donors (Lipinski definition) is 2. The van der Waals surface area contributed by atoms with Crippen LogP contribution in [0.3, 0.4) is 0 Å². The highest BCUT2D eigenvalue weighted by molar-refractivity contribution is 5.31. The molecule has 2 saturated heterocycles. The fourth-order valence-corrected chi connectivity index (χ4v) is 3.24. The summed E-state index contributed by atoms with van der Waals surface area (Å²) in [6.45, 7) is 2.15. The van der Waals surface area contributed by atoms with Crippen LogP contribution < -0.4 is 11.1 Å². The molecule has 1 aromatic carbocycles. The van der Waals surface area contributed by atoms with Gasteiger partial charge in [-0.05, 0) is 25.3 Å². The van der Waals surface area contributed by atoms with Gasteiger partial charge < -0.3 is 11.1 Å². The molecule has 2 heterocycles. The van der Waals surface area contributed by atoms with Crippen molar-refractivity contribution in [1.29, 1.82) is 0 Å². The number of nitrogens with one attached hydrogen (secondary N) is 1. The normalized spacial score (nSPS) is 38.5. The highest BCUT2D eigenvalue weighted by atomic mass is 15.1. The van der Waals surface area contributed by atoms with Crippen molar-refractivity contribution in [2.24, 2.45) is 5.73 Å². The SMILES string of the molecule is Cc1cccc(C2C3CCC(N3)C2N)c1. The van der Waals surface area contributed by atoms with Crippen LogP contribution in [0.2, 0.25) is 0 Å². The predicted octanol–water partition coefficient (Wildman–Crippen LogP) is 1.54. The molecule has 2 bridgehead atoms. The Balaban J connectivity index is 1.94. The molecule has 2 nitrogen and oxygen atoms in total. The molecule has 0 radical (unpaired) electrons. The maximum atomic E-state index is 6.28. The molecule has 0 amide bonds. The zero-order valence-corrected chi connectivity index (χ0v) is 9.11. The summed E-state index contributed by atoms with van der Waals surface area (Å²) in [6.07, 6.45) is 2.55. The van der Waals surface area contributed by atoms with Gasteiger partial charge in [-0.15, -0.1) is 0 Å². The number of rotatable bonds is 1. The Labute approximate surface area is 90.9 Å². The third-order valence-electron chi connectivity index (χ3n) is 3.96. The van der Waals surface area contributed by atoms with Crippen LogP contribution >= 0.6 is 0 Å². The third-order valence-corrected chi connectivity index (χ3v) is 3.96. The summed E-state index contributed by atoms with van der Waals surface area (Å²) in [7, 11) is 0. The fraction of sp³-hybridized carbons (Fsp3) is 0.538. The quantitative estimate of drug-likeness (QED) is 0.725. The highest BCUT2D eigenvalue weighted by Gasteiger charge is 2.45. The molecule has 3 N–H and O–H groups in total. The van der Waals surface area contributed by atoms with Crippen LogP contribution in [0, 0.1) is 6.92 Å². The first-order chi connectivity index (χ1) is 7.25. The number of benzene rings is 1. The maximum absolute atomic E-state index is 6.28. The minimum atomic E-state index is 0.311. The standard InChI is InChI=1S/C13H18N2/c1-8-3-2-4-9(7-8)12-10-5-6-11(15-10)13(12)14/h2-4,7,10-13,15H,5-6,14H2,1H3. The summed E-state index contributed by atoms with van der Waals surface area (Å²) in [6, 6.07) is 10.3. The van der Waals surface area contributed by atoms with Crippen LogP contribution in [-0.2, 0) is 0 Å². The molecular weight excluding hydrogens is 184 g/mol. The smallest absolute Gasteiger partial charge is 0.0279 e. The molecule has 2 heteroatoms. The van der Waals surface area contributed by atoms with Crippen molar-refractivity contribution in [2.45, 2.75) is 43.8 Å². The van der Waals surface area contributed by atoms with Crippen LogP contribution in [0.15, 0.2) is 24.3 Å². The van der Waals surface area contributed by atoms with Crippen molar-refractivity contribution in [3.05, 3.63) is 35.4 Å². The van der Waals surface area contributed by atoms with Crippen LogP contribution in [0.4, 0.5) is 0 Å². The van der Waals surface area contributed by atoms with Crippen molar-refractivity contribution in [1.82, 2.24) is 5.32 Å². The zero-order valence-electron chi connectivity index (χ0n) is 9.11. The molecule has 4 unspecified atom stereocenters. The van der Waals surface area contributed by atoms with Gasteiger partial charge in [0, 0.05) is 24.0 Å². The summed E-state index contributed by atoms with van der Waals surface area (Å²) in [4.78, 5) is 0. The van der Waals surface area contributed by atoms with Gasteiger partial charge in [-0.2, -0.15) is 0 Å². The Morgan fingerprint density at radius 2 is 2.07 bits per heavy atom. The summed E-state index contributed by atoms with van der Waals surface area (Å²) in [5.41, 5.74) is 9.04. The third kappa shape index (κ3) is 1.40. The van der Waals surface area contributed by atoms with E-state index in [-0.39, 0.29) is 0 Å². The monoisotopic (exact) mass is 202 g/mol. The van der Waals surface area contributed by atoms with E-state index in [1.807, 2.05) is 0 Å². The zero-order chi connectivity index (χ0) is 10.4. The second-order valence-electron chi connectivity index (χ2n) is 4.97. The Bertz CT molecular complexity index is 373. The molecule has 1 aromatic rings. The van der Waals surface area contributed by atoms with E-state index in [2.05, 4.69) is 36.5 Å².